The summed E-state index contributed by atoms with van der Waals surface area (Å²) in [6.07, 6.45) is 3.60. The van der Waals surface area contributed by atoms with Crippen molar-refractivity contribution < 1.29 is 14.3 Å². The van der Waals surface area contributed by atoms with Crippen LogP contribution in [0.4, 0.5) is 5.69 Å². The molecule has 0 aliphatic carbocycles. The molecule has 0 saturated heterocycles. The van der Waals surface area contributed by atoms with E-state index in [1.54, 1.807) is 19.3 Å². The summed E-state index contributed by atoms with van der Waals surface area (Å²) in [6, 6.07) is 7.50. The van der Waals surface area contributed by atoms with Gasteiger partial charge in [0.05, 0.1) is 18.7 Å². The predicted octanol–water partition coefficient (Wildman–Crippen LogP) is 2.52. The average molecular weight is 272 g/mol. The molecule has 0 spiro atoms. The van der Waals surface area contributed by atoms with Gasteiger partial charge in [0.25, 0.3) is 0 Å². The summed E-state index contributed by atoms with van der Waals surface area (Å²) >= 11 is 0. The number of esters is 1. The Hall–Kier alpha value is -2.43. The van der Waals surface area contributed by atoms with E-state index in [0.717, 1.165) is 10.8 Å². The van der Waals surface area contributed by atoms with Gasteiger partial charge in [-0.2, -0.15) is 0 Å². The number of carbonyl (C=O) groups is 2. The van der Waals surface area contributed by atoms with Crippen LogP contribution in [0.2, 0.25) is 0 Å². The third-order valence-corrected chi connectivity index (χ3v) is 2.82. The summed E-state index contributed by atoms with van der Waals surface area (Å²) in [5, 5.41) is 4.67. The van der Waals surface area contributed by atoms with Gasteiger partial charge in [0, 0.05) is 24.2 Å². The van der Waals surface area contributed by atoms with Crippen molar-refractivity contribution >= 4 is 28.3 Å². The van der Waals surface area contributed by atoms with Crippen LogP contribution in [0, 0.1) is 0 Å². The van der Waals surface area contributed by atoms with Gasteiger partial charge in [-0.3, -0.25) is 14.6 Å². The zero-order valence-electron chi connectivity index (χ0n) is 11.3. The molecule has 0 unspecified atom stereocenters. The first-order valence-electron chi connectivity index (χ1n) is 6.49. The number of aromatic nitrogens is 1. The highest BCUT2D eigenvalue weighted by Crippen LogP contribution is 2.22. The maximum absolute atomic E-state index is 11.8. The van der Waals surface area contributed by atoms with E-state index in [1.807, 2.05) is 24.3 Å². The smallest absolute Gasteiger partial charge is 0.306 e. The number of nitrogens with one attached hydrogen (secondary N) is 1. The number of amides is 1. The minimum atomic E-state index is -0.359. The van der Waals surface area contributed by atoms with E-state index < -0.39 is 0 Å². The van der Waals surface area contributed by atoms with Crippen LogP contribution in [0.25, 0.3) is 10.8 Å². The number of pyridine rings is 1. The summed E-state index contributed by atoms with van der Waals surface area (Å²) in [7, 11) is 0. The van der Waals surface area contributed by atoms with Crippen molar-refractivity contribution in [1.82, 2.24) is 4.98 Å². The Morgan fingerprint density at radius 2 is 2.10 bits per heavy atom. The number of hydrogen-bond donors (Lipinski definition) is 1. The molecule has 1 aromatic carbocycles. The SMILES string of the molecule is CCOC(=O)CCC(=O)Nc1cccc2ccncc12. The Bertz CT molecular complexity index is 620. The zero-order valence-corrected chi connectivity index (χ0v) is 11.3. The lowest BCUT2D eigenvalue weighted by atomic mass is 10.1. The molecule has 0 saturated carbocycles. The molecule has 0 aliphatic rings. The highest BCUT2D eigenvalue weighted by molar-refractivity contribution is 6.02. The number of benzene rings is 1. The Balaban J connectivity index is 2.01. The van der Waals surface area contributed by atoms with E-state index in [2.05, 4.69) is 10.3 Å². The van der Waals surface area contributed by atoms with Crippen LogP contribution in [0.5, 0.6) is 0 Å². The fraction of sp³-hybridized carbons (Fsp3) is 0.267. The lowest BCUT2D eigenvalue weighted by Gasteiger charge is -2.08. The summed E-state index contributed by atoms with van der Waals surface area (Å²) in [5.41, 5.74) is 0.699. The molecule has 1 heterocycles. The Morgan fingerprint density at radius 1 is 1.25 bits per heavy atom. The van der Waals surface area contributed by atoms with E-state index >= 15 is 0 Å². The van der Waals surface area contributed by atoms with Crippen LogP contribution < -0.4 is 5.32 Å². The van der Waals surface area contributed by atoms with E-state index in [0.29, 0.717) is 12.3 Å². The minimum absolute atomic E-state index is 0.0860. The molecule has 0 fully saturated rings. The molecular formula is C15H16N2O3. The highest BCUT2D eigenvalue weighted by atomic mass is 16.5. The molecule has 2 rings (SSSR count). The quantitative estimate of drug-likeness (QED) is 0.849. The molecule has 1 N–H and O–H groups in total. The molecule has 20 heavy (non-hydrogen) atoms. The largest absolute Gasteiger partial charge is 0.466 e. The first kappa shape index (κ1) is 14.0. The maximum atomic E-state index is 11.8. The molecule has 0 atom stereocenters. The summed E-state index contributed by atoms with van der Waals surface area (Å²) < 4.78 is 4.78. The topological polar surface area (TPSA) is 68.3 Å². The van der Waals surface area contributed by atoms with Crippen molar-refractivity contribution in [3.8, 4) is 0 Å². The molecular weight excluding hydrogens is 256 g/mol. The van der Waals surface area contributed by atoms with Crippen molar-refractivity contribution in [2.75, 3.05) is 11.9 Å². The van der Waals surface area contributed by atoms with Crippen molar-refractivity contribution in [2.24, 2.45) is 0 Å². The lowest BCUT2D eigenvalue weighted by molar-refractivity contribution is -0.144. The van der Waals surface area contributed by atoms with Gasteiger partial charge >= 0.3 is 5.97 Å². The predicted molar refractivity (Wildman–Crippen MR) is 76.2 cm³/mol. The molecule has 0 bridgehead atoms. The van der Waals surface area contributed by atoms with E-state index in [-0.39, 0.29) is 24.7 Å². The molecule has 2 aromatic rings. The summed E-state index contributed by atoms with van der Waals surface area (Å²) in [5.74, 6) is -0.573. The van der Waals surface area contributed by atoms with Gasteiger partial charge in [0.2, 0.25) is 5.91 Å². The molecule has 5 heteroatoms. The average Bonchev–Trinajstić information content (AvgIpc) is 2.46. The van der Waals surface area contributed by atoms with Crippen LogP contribution in [0.3, 0.4) is 0 Å². The molecule has 1 amide bonds. The summed E-state index contributed by atoms with van der Waals surface area (Å²) in [6.45, 7) is 2.07. The second kappa shape index (κ2) is 6.65. The van der Waals surface area contributed by atoms with Crippen LogP contribution >= 0.6 is 0 Å². The highest BCUT2D eigenvalue weighted by Gasteiger charge is 2.09. The fourth-order valence-corrected chi connectivity index (χ4v) is 1.88. The number of carbonyl (C=O) groups excluding carboxylic acids is 2. The van der Waals surface area contributed by atoms with Crippen molar-refractivity contribution in [3.05, 3.63) is 36.7 Å². The van der Waals surface area contributed by atoms with Crippen molar-refractivity contribution in [2.45, 2.75) is 19.8 Å². The number of nitrogens with zero attached hydrogens (tertiary/aromatic N) is 1. The maximum Gasteiger partial charge on any atom is 0.306 e. The Labute approximate surface area is 117 Å². The third-order valence-electron chi connectivity index (χ3n) is 2.82. The van der Waals surface area contributed by atoms with Crippen LogP contribution in [0.1, 0.15) is 19.8 Å². The van der Waals surface area contributed by atoms with Gasteiger partial charge in [0.15, 0.2) is 0 Å². The number of fused-ring (bicyclic) bond motifs is 1. The van der Waals surface area contributed by atoms with E-state index in [9.17, 15) is 9.59 Å². The van der Waals surface area contributed by atoms with Crippen molar-refractivity contribution in [1.29, 1.82) is 0 Å². The zero-order chi connectivity index (χ0) is 14.4. The second-order valence-electron chi connectivity index (χ2n) is 4.26. The van der Waals surface area contributed by atoms with Gasteiger partial charge in [-0.1, -0.05) is 12.1 Å². The van der Waals surface area contributed by atoms with Crippen LogP contribution in [0.15, 0.2) is 36.7 Å². The monoisotopic (exact) mass is 272 g/mol. The third kappa shape index (κ3) is 3.54. The molecule has 0 aliphatic heterocycles. The Kier molecular flexibility index (Phi) is 4.65. The van der Waals surface area contributed by atoms with Gasteiger partial charge in [-0.25, -0.2) is 0 Å². The first-order valence-corrected chi connectivity index (χ1v) is 6.49. The van der Waals surface area contributed by atoms with Gasteiger partial charge < -0.3 is 10.1 Å². The van der Waals surface area contributed by atoms with Gasteiger partial charge in [0.1, 0.15) is 0 Å². The molecule has 0 radical (unpaired) electrons. The number of anilines is 1. The lowest BCUT2D eigenvalue weighted by Crippen LogP contribution is -2.14. The fourth-order valence-electron chi connectivity index (χ4n) is 1.88. The van der Waals surface area contributed by atoms with Gasteiger partial charge in [-0.05, 0) is 24.4 Å². The molecule has 5 nitrogen and oxygen atoms in total. The standard InChI is InChI=1S/C15H16N2O3/c1-2-20-15(19)7-6-14(18)17-13-5-3-4-11-8-9-16-10-12(11)13/h3-5,8-10H,2,6-7H2,1H3,(H,17,18). The van der Waals surface area contributed by atoms with E-state index in [1.165, 1.54) is 0 Å². The van der Waals surface area contributed by atoms with Crippen molar-refractivity contribution in [3.63, 3.8) is 0 Å². The van der Waals surface area contributed by atoms with Crippen LogP contribution in [-0.4, -0.2) is 23.5 Å². The number of rotatable bonds is 5. The van der Waals surface area contributed by atoms with Gasteiger partial charge in [-0.15, -0.1) is 0 Å². The van der Waals surface area contributed by atoms with Crippen LogP contribution in [-0.2, 0) is 14.3 Å². The molecule has 104 valence electrons. The normalized spacial score (nSPS) is 10.2. The minimum Gasteiger partial charge on any atom is -0.466 e. The second-order valence-corrected chi connectivity index (χ2v) is 4.26. The Morgan fingerprint density at radius 3 is 2.90 bits per heavy atom. The number of hydrogen-bond acceptors (Lipinski definition) is 4. The van der Waals surface area contributed by atoms with E-state index in [4.69, 9.17) is 4.74 Å². The first-order chi connectivity index (χ1) is 9.70. The molecule has 1 aromatic heterocycles. The number of ether oxygens (including phenoxy) is 1. The summed E-state index contributed by atoms with van der Waals surface area (Å²) in [4.78, 5) is 27.1.